The molecule has 0 unspecified atom stereocenters. The minimum Gasteiger partial charge on any atom is -0.492 e. The Morgan fingerprint density at radius 1 is 1.29 bits per heavy atom. The predicted octanol–water partition coefficient (Wildman–Crippen LogP) is 3.38. The summed E-state index contributed by atoms with van der Waals surface area (Å²) in [4.78, 5) is 12.1. The molecule has 2 aromatic carbocycles. The number of nitrogens with two attached hydrogens (primary N) is 1. The molecule has 0 saturated heterocycles. The molecule has 0 aliphatic rings. The zero-order chi connectivity index (χ0) is 15.2. The van der Waals surface area contributed by atoms with Crippen LogP contribution in [-0.4, -0.2) is 12.5 Å². The molecule has 0 spiro atoms. The van der Waals surface area contributed by atoms with Crippen LogP contribution in [0.2, 0.25) is 5.02 Å². The predicted molar refractivity (Wildman–Crippen MR) is 84.6 cm³/mol. The van der Waals surface area contributed by atoms with Crippen LogP contribution in [-0.2, 0) is 4.79 Å². The van der Waals surface area contributed by atoms with E-state index in [1.54, 1.807) is 18.2 Å². The van der Waals surface area contributed by atoms with Crippen LogP contribution in [0.5, 0.6) is 5.75 Å². The molecule has 0 fully saturated rings. The molecule has 5 heteroatoms. The molecule has 1 atom stereocenters. The standard InChI is InChI=1S/C16H17ClN2O2/c1-2-21-14-9-8-12(10-13(14)17)19-16(20)15(18)11-6-4-3-5-7-11/h3-10,15H,2,18H2,1H3,(H,19,20)/t15-/m1/s1. The number of hydrogen-bond acceptors (Lipinski definition) is 3. The van der Waals surface area contributed by atoms with Crippen LogP contribution in [0.3, 0.4) is 0 Å². The van der Waals surface area contributed by atoms with Crippen molar-refractivity contribution < 1.29 is 9.53 Å². The molecular weight excluding hydrogens is 288 g/mol. The van der Waals surface area contributed by atoms with Gasteiger partial charge in [-0.3, -0.25) is 4.79 Å². The molecule has 110 valence electrons. The van der Waals surface area contributed by atoms with Crippen molar-refractivity contribution in [3.63, 3.8) is 0 Å². The molecule has 21 heavy (non-hydrogen) atoms. The number of anilines is 1. The minimum atomic E-state index is -0.725. The van der Waals surface area contributed by atoms with Gasteiger partial charge in [-0.1, -0.05) is 41.9 Å². The normalized spacial score (nSPS) is 11.8. The van der Waals surface area contributed by atoms with Crippen LogP contribution in [0.1, 0.15) is 18.5 Å². The van der Waals surface area contributed by atoms with Gasteiger partial charge in [0.1, 0.15) is 11.8 Å². The summed E-state index contributed by atoms with van der Waals surface area (Å²) in [7, 11) is 0. The van der Waals surface area contributed by atoms with E-state index in [2.05, 4.69) is 5.32 Å². The average Bonchev–Trinajstić information content (AvgIpc) is 2.50. The molecule has 0 aromatic heterocycles. The summed E-state index contributed by atoms with van der Waals surface area (Å²) in [6, 6.07) is 13.6. The molecule has 1 amide bonds. The second kappa shape index (κ2) is 7.11. The lowest BCUT2D eigenvalue weighted by atomic mass is 10.1. The summed E-state index contributed by atoms with van der Waals surface area (Å²) in [5, 5.41) is 3.19. The second-order valence-corrected chi connectivity index (χ2v) is 4.86. The topological polar surface area (TPSA) is 64.3 Å². The monoisotopic (exact) mass is 304 g/mol. The highest BCUT2D eigenvalue weighted by molar-refractivity contribution is 6.32. The van der Waals surface area contributed by atoms with E-state index in [0.717, 1.165) is 5.56 Å². The lowest BCUT2D eigenvalue weighted by Crippen LogP contribution is -2.27. The Balaban J connectivity index is 2.07. The zero-order valence-electron chi connectivity index (χ0n) is 11.7. The summed E-state index contributed by atoms with van der Waals surface area (Å²) in [6.07, 6.45) is 0. The number of amides is 1. The summed E-state index contributed by atoms with van der Waals surface area (Å²) in [6.45, 7) is 2.41. The number of carbonyl (C=O) groups is 1. The first-order valence-corrected chi connectivity index (χ1v) is 7.03. The number of halogens is 1. The van der Waals surface area contributed by atoms with Gasteiger partial charge in [0.15, 0.2) is 0 Å². The number of benzene rings is 2. The molecule has 0 saturated carbocycles. The first kappa shape index (κ1) is 15.4. The fourth-order valence-corrected chi connectivity index (χ4v) is 2.12. The molecule has 0 radical (unpaired) electrons. The molecule has 2 rings (SSSR count). The Bertz CT molecular complexity index is 617. The molecule has 0 aliphatic heterocycles. The van der Waals surface area contributed by atoms with Gasteiger partial charge in [-0.25, -0.2) is 0 Å². The average molecular weight is 305 g/mol. The van der Waals surface area contributed by atoms with E-state index in [1.165, 1.54) is 0 Å². The van der Waals surface area contributed by atoms with Gasteiger partial charge in [0.2, 0.25) is 5.91 Å². The van der Waals surface area contributed by atoms with E-state index in [-0.39, 0.29) is 5.91 Å². The minimum absolute atomic E-state index is 0.290. The van der Waals surface area contributed by atoms with Crippen LogP contribution < -0.4 is 15.8 Å². The molecule has 2 aromatic rings. The van der Waals surface area contributed by atoms with Crippen molar-refractivity contribution in [3.8, 4) is 5.75 Å². The van der Waals surface area contributed by atoms with Gasteiger partial charge in [-0.2, -0.15) is 0 Å². The highest BCUT2D eigenvalue weighted by Crippen LogP contribution is 2.28. The maximum Gasteiger partial charge on any atom is 0.245 e. The number of nitrogens with one attached hydrogen (secondary N) is 1. The fourth-order valence-electron chi connectivity index (χ4n) is 1.88. The molecule has 0 heterocycles. The highest BCUT2D eigenvalue weighted by Gasteiger charge is 2.16. The van der Waals surface area contributed by atoms with E-state index >= 15 is 0 Å². The summed E-state index contributed by atoms with van der Waals surface area (Å²) >= 11 is 6.08. The van der Waals surface area contributed by atoms with Gasteiger partial charge in [0, 0.05) is 5.69 Å². The van der Waals surface area contributed by atoms with E-state index in [4.69, 9.17) is 22.1 Å². The van der Waals surface area contributed by atoms with E-state index in [9.17, 15) is 4.79 Å². The SMILES string of the molecule is CCOc1ccc(NC(=O)[C@H](N)c2ccccc2)cc1Cl. The number of rotatable bonds is 5. The third-order valence-electron chi connectivity index (χ3n) is 2.94. The van der Waals surface area contributed by atoms with E-state index < -0.39 is 6.04 Å². The smallest absolute Gasteiger partial charge is 0.245 e. The Labute approximate surface area is 128 Å². The zero-order valence-corrected chi connectivity index (χ0v) is 12.4. The Morgan fingerprint density at radius 3 is 2.62 bits per heavy atom. The van der Waals surface area contributed by atoms with Crippen LogP contribution >= 0.6 is 11.6 Å². The number of hydrogen-bond donors (Lipinski definition) is 2. The van der Waals surface area contributed by atoms with Crippen LogP contribution in [0, 0.1) is 0 Å². The van der Waals surface area contributed by atoms with Gasteiger partial charge in [-0.15, -0.1) is 0 Å². The van der Waals surface area contributed by atoms with Crippen molar-refractivity contribution >= 4 is 23.2 Å². The summed E-state index contributed by atoms with van der Waals surface area (Å²) in [5.74, 6) is 0.297. The van der Waals surface area contributed by atoms with Gasteiger partial charge in [0.05, 0.1) is 11.6 Å². The van der Waals surface area contributed by atoms with Gasteiger partial charge < -0.3 is 15.8 Å². The van der Waals surface area contributed by atoms with Crippen molar-refractivity contribution in [2.45, 2.75) is 13.0 Å². The van der Waals surface area contributed by atoms with Gasteiger partial charge in [0.25, 0.3) is 0 Å². The third-order valence-corrected chi connectivity index (χ3v) is 3.24. The Kier molecular flexibility index (Phi) is 5.20. The summed E-state index contributed by atoms with van der Waals surface area (Å²) in [5.41, 5.74) is 7.27. The third kappa shape index (κ3) is 3.97. The fraction of sp³-hybridized carbons (Fsp3) is 0.188. The molecule has 3 N–H and O–H groups in total. The van der Waals surface area contributed by atoms with Crippen molar-refractivity contribution in [3.05, 3.63) is 59.1 Å². The largest absolute Gasteiger partial charge is 0.492 e. The maximum atomic E-state index is 12.1. The maximum absolute atomic E-state index is 12.1. The van der Waals surface area contributed by atoms with Crippen molar-refractivity contribution in [2.24, 2.45) is 5.73 Å². The number of carbonyl (C=O) groups excluding carboxylic acids is 1. The summed E-state index contributed by atoms with van der Waals surface area (Å²) < 4.78 is 5.34. The quantitative estimate of drug-likeness (QED) is 0.890. The lowest BCUT2D eigenvalue weighted by molar-refractivity contribution is -0.117. The first-order valence-electron chi connectivity index (χ1n) is 6.65. The van der Waals surface area contributed by atoms with Gasteiger partial charge in [-0.05, 0) is 30.7 Å². The van der Waals surface area contributed by atoms with E-state index in [1.807, 2.05) is 37.3 Å². The highest BCUT2D eigenvalue weighted by atomic mass is 35.5. The lowest BCUT2D eigenvalue weighted by Gasteiger charge is -2.13. The Morgan fingerprint density at radius 2 is 2.00 bits per heavy atom. The van der Waals surface area contributed by atoms with Crippen molar-refractivity contribution in [1.29, 1.82) is 0 Å². The molecule has 4 nitrogen and oxygen atoms in total. The molecule has 0 aliphatic carbocycles. The van der Waals surface area contributed by atoms with Gasteiger partial charge >= 0.3 is 0 Å². The van der Waals surface area contributed by atoms with Crippen LogP contribution in [0.25, 0.3) is 0 Å². The van der Waals surface area contributed by atoms with Crippen LogP contribution in [0.15, 0.2) is 48.5 Å². The van der Waals surface area contributed by atoms with E-state index in [0.29, 0.717) is 23.1 Å². The number of ether oxygens (including phenoxy) is 1. The van der Waals surface area contributed by atoms with Crippen molar-refractivity contribution in [2.75, 3.05) is 11.9 Å². The first-order chi connectivity index (χ1) is 10.1. The molecular formula is C16H17ClN2O2. The molecule has 0 bridgehead atoms. The Hall–Kier alpha value is -2.04. The second-order valence-electron chi connectivity index (χ2n) is 4.46. The van der Waals surface area contributed by atoms with Crippen LogP contribution in [0.4, 0.5) is 5.69 Å². The van der Waals surface area contributed by atoms with Crippen molar-refractivity contribution in [1.82, 2.24) is 0 Å².